The molecule has 0 aliphatic carbocycles. The molecule has 0 radical (unpaired) electrons. The Morgan fingerprint density at radius 2 is 1.57 bits per heavy atom. The Balaban J connectivity index is 1.84. The number of para-hydroxylation sites is 2. The highest BCUT2D eigenvalue weighted by Crippen LogP contribution is 2.50. The average molecular weight is 516 g/mol. The Morgan fingerprint density at radius 1 is 0.971 bits per heavy atom. The van der Waals surface area contributed by atoms with E-state index in [4.69, 9.17) is 0 Å². The highest BCUT2D eigenvalue weighted by Gasteiger charge is 2.40. The van der Waals surface area contributed by atoms with E-state index in [0.717, 1.165) is 66.5 Å². The van der Waals surface area contributed by atoms with Gasteiger partial charge in [0.25, 0.3) is 10.1 Å². The summed E-state index contributed by atoms with van der Waals surface area (Å²) in [6, 6.07) is 16.5. The molecular formula is C27H37N3O3S2. The van der Waals surface area contributed by atoms with Crippen molar-refractivity contribution in [1.29, 1.82) is 0 Å². The summed E-state index contributed by atoms with van der Waals surface area (Å²) in [6.07, 6.45) is 9.07. The minimum atomic E-state index is -4.11. The van der Waals surface area contributed by atoms with Gasteiger partial charge in [0.1, 0.15) is 6.17 Å². The molecule has 0 amide bonds. The molecule has 190 valence electrons. The molecule has 2 aliphatic heterocycles. The molecule has 0 spiro atoms. The van der Waals surface area contributed by atoms with Crippen LogP contribution in [0.15, 0.2) is 70.6 Å². The van der Waals surface area contributed by atoms with Crippen LogP contribution in [0.2, 0.25) is 0 Å². The first-order chi connectivity index (χ1) is 16.9. The number of hydrogen-bond acceptors (Lipinski definition) is 6. The van der Waals surface area contributed by atoms with E-state index in [1.54, 1.807) is 11.8 Å². The van der Waals surface area contributed by atoms with Gasteiger partial charge < -0.3 is 9.80 Å². The van der Waals surface area contributed by atoms with Gasteiger partial charge in [0.2, 0.25) is 0 Å². The van der Waals surface area contributed by atoms with Gasteiger partial charge in [-0.05, 0) is 49.7 Å². The third-order valence-electron chi connectivity index (χ3n) is 6.74. The maximum Gasteiger partial charge on any atom is 0.264 e. The monoisotopic (exact) mass is 515 g/mol. The van der Waals surface area contributed by atoms with Crippen molar-refractivity contribution in [2.24, 2.45) is 0 Å². The van der Waals surface area contributed by atoms with Crippen LogP contribution in [-0.4, -0.2) is 60.4 Å². The predicted molar refractivity (Wildman–Crippen MR) is 145 cm³/mol. The molecule has 2 heterocycles. The van der Waals surface area contributed by atoms with Crippen LogP contribution in [0.4, 0.5) is 11.4 Å². The predicted octanol–water partition coefficient (Wildman–Crippen LogP) is 5.99. The molecule has 1 N–H and O–H groups in total. The third-order valence-corrected chi connectivity index (χ3v) is 8.62. The van der Waals surface area contributed by atoms with Crippen LogP contribution in [0.5, 0.6) is 0 Å². The summed E-state index contributed by atoms with van der Waals surface area (Å²) in [5.74, 6) is -0.269. The minimum Gasteiger partial charge on any atom is -0.360 e. The van der Waals surface area contributed by atoms with Crippen molar-refractivity contribution in [2.75, 3.05) is 30.3 Å². The van der Waals surface area contributed by atoms with Crippen LogP contribution in [0.1, 0.15) is 46.0 Å². The molecule has 2 atom stereocenters. The summed E-state index contributed by atoms with van der Waals surface area (Å²) in [6.45, 7) is 7.09. The van der Waals surface area contributed by atoms with Crippen molar-refractivity contribution in [3.8, 4) is 0 Å². The van der Waals surface area contributed by atoms with Gasteiger partial charge in [0.15, 0.2) is 0 Å². The number of anilines is 2. The standard InChI is InChI=1S/C27H37N3O3S2/c1-3-5-17-28-19-11-20-29(18-6-4-2)27(28)24(16-21-35(31,32)33)30-22-12-7-9-14-25(22)34-26-15-10-8-13-23(26)30/h7-15,19,24,27H,3-6,16-18,20-21H2,1-2H3,(H,31,32,33). The van der Waals surface area contributed by atoms with Crippen molar-refractivity contribution in [1.82, 2.24) is 9.80 Å². The summed E-state index contributed by atoms with van der Waals surface area (Å²) in [7, 11) is -4.11. The van der Waals surface area contributed by atoms with Gasteiger partial charge in [-0.3, -0.25) is 9.45 Å². The van der Waals surface area contributed by atoms with Gasteiger partial charge in [0.05, 0.1) is 23.2 Å². The summed E-state index contributed by atoms with van der Waals surface area (Å²) < 4.78 is 33.8. The lowest BCUT2D eigenvalue weighted by molar-refractivity contribution is 0.0489. The molecule has 0 saturated heterocycles. The Labute approximate surface area is 214 Å². The first kappa shape index (κ1) is 26.1. The fourth-order valence-electron chi connectivity index (χ4n) is 5.09. The number of nitrogens with zero attached hydrogens (tertiary/aromatic N) is 3. The number of rotatable bonds is 11. The molecule has 0 saturated carbocycles. The number of unbranched alkanes of at least 4 members (excludes halogenated alkanes) is 2. The molecule has 2 aliphatic rings. The van der Waals surface area contributed by atoms with E-state index in [1.807, 2.05) is 12.1 Å². The molecule has 8 heteroatoms. The summed E-state index contributed by atoms with van der Waals surface area (Å²) in [5, 5.41) is 0. The Kier molecular flexibility index (Phi) is 8.81. The van der Waals surface area contributed by atoms with E-state index in [-0.39, 0.29) is 18.0 Å². The molecule has 2 aromatic rings. The van der Waals surface area contributed by atoms with Crippen LogP contribution in [0, 0.1) is 0 Å². The minimum absolute atomic E-state index is 0.0101. The van der Waals surface area contributed by atoms with Crippen LogP contribution < -0.4 is 4.90 Å². The van der Waals surface area contributed by atoms with E-state index < -0.39 is 10.1 Å². The molecular weight excluding hydrogens is 478 g/mol. The Bertz CT molecular complexity index is 1080. The summed E-state index contributed by atoms with van der Waals surface area (Å²) in [5.41, 5.74) is 2.19. The summed E-state index contributed by atoms with van der Waals surface area (Å²) >= 11 is 1.75. The van der Waals surface area contributed by atoms with Crippen LogP contribution >= 0.6 is 11.8 Å². The van der Waals surface area contributed by atoms with Crippen LogP contribution in [0.3, 0.4) is 0 Å². The first-order valence-electron chi connectivity index (χ1n) is 12.7. The Hall–Kier alpha value is -2.00. The highest BCUT2D eigenvalue weighted by atomic mass is 32.2. The molecule has 0 aromatic heterocycles. The zero-order chi connectivity index (χ0) is 24.8. The molecule has 6 nitrogen and oxygen atoms in total. The molecule has 2 aromatic carbocycles. The average Bonchev–Trinajstić information content (AvgIpc) is 2.85. The number of hydrogen-bond donors (Lipinski definition) is 1. The molecule has 0 fully saturated rings. The van der Waals surface area contributed by atoms with E-state index in [2.05, 4.69) is 77.2 Å². The maximum atomic E-state index is 12.0. The van der Waals surface area contributed by atoms with Gasteiger partial charge in [-0.2, -0.15) is 8.42 Å². The molecule has 2 unspecified atom stereocenters. The second-order valence-electron chi connectivity index (χ2n) is 9.29. The van der Waals surface area contributed by atoms with Crippen LogP contribution in [-0.2, 0) is 10.1 Å². The smallest absolute Gasteiger partial charge is 0.264 e. The fraction of sp³-hybridized carbons (Fsp3) is 0.481. The molecule has 35 heavy (non-hydrogen) atoms. The van der Waals surface area contributed by atoms with Crippen molar-refractivity contribution in [3.63, 3.8) is 0 Å². The fourth-order valence-corrected chi connectivity index (χ4v) is 6.70. The lowest BCUT2D eigenvalue weighted by Crippen LogP contribution is -2.60. The number of fused-ring (bicyclic) bond motifs is 2. The second kappa shape index (κ2) is 11.8. The van der Waals surface area contributed by atoms with Crippen molar-refractivity contribution < 1.29 is 13.0 Å². The lowest BCUT2D eigenvalue weighted by atomic mass is 10.0. The zero-order valence-electron chi connectivity index (χ0n) is 20.7. The van der Waals surface area contributed by atoms with Crippen molar-refractivity contribution in [2.45, 2.75) is 68.0 Å². The summed E-state index contributed by atoms with van der Waals surface area (Å²) in [4.78, 5) is 9.54. The highest BCUT2D eigenvalue weighted by molar-refractivity contribution is 7.99. The van der Waals surface area contributed by atoms with Crippen molar-refractivity contribution in [3.05, 3.63) is 60.8 Å². The maximum absolute atomic E-state index is 12.0. The van der Waals surface area contributed by atoms with E-state index in [0.29, 0.717) is 6.42 Å². The van der Waals surface area contributed by atoms with Gasteiger partial charge in [-0.25, -0.2) is 0 Å². The Morgan fingerprint density at radius 3 is 2.17 bits per heavy atom. The van der Waals surface area contributed by atoms with Gasteiger partial charge in [0, 0.05) is 29.4 Å². The quantitative estimate of drug-likeness (QED) is 0.369. The third kappa shape index (κ3) is 6.23. The van der Waals surface area contributed by atoms with E-state index in [9.17, 15) is 13.0 Å². The normalized spacial score (nSPS) is 18.9. The van der Waals surface area contributed by atoms with Crippen LogP contribution in [0.25, 0.3) is 0 Å². The number of benzene rings is 2. The largest absolute Gasteiger partial charge is 0.360 e. The van der Waals surface area contributed by atoms with Crippen molar-refractivity contribution >= 4 is 33.3 Å². The second-order valence-corrected chi connectivity index (χ2v) is 11.9. The van der Waals surface area contributed by atoms with Gasteiger partial charge >= 0.3 is 0 Å². The van der Waals surface area contributed by atoms with Gasteiger partial charge in [-0.15, -0.1) is 0 Å². The van der Waals surface area contributed by atoms with Gasteiger partial charge in [-0.1, -0.05) is 68.8 Å². The molecule has 0 bridgehead atoms. The lowest BCUT2D eigenvalue weighted by Gasteiger charge is -2.50. The van der Waals surface area contributed by atoms with E-state index in [1.165, 1.54) is 0 Å². The first-order valence-corrected chi connectivity index (χ1v) is 15.1. The topological polar surface area (TPSA) is 64.1 Å². The SMILES string of the molecule is CCCCN1C=CCN(CCCC)C1C(CCS(=O)(=O)O)N1c2ccccc2Sc2ccccc21. The molecule has 4 rings (SSSR count). The van der Waals surface area contributed by atoms with E-state index >= 15 is 0 Å². The zero-order valence-corrected chi connectivity index (χ0v) is 22.3.